The first-order valence-electron chi connectivity index (χ1n) is 6.05. The zero-order chi connectivity index (χ0) is 13.2. The average molecular weight is 253 g/mol. The summed E-state index contributed by atoms with van der Waals surface area (Å²) < 4.78 is 15.6. The number of nitrogens with zero attached hydrogens (tertiary/aromatic N) is 1. The predicted molar refractivity (Wildman–Crippen MR) is 72.8 cm³/mol. The van der Waals surface area contributed by atoms with E-state index in [2.05, 4.69) is 0 Å². The lowest BCUT2D eigenvalue weighted by molar-refractivity contribution is 0.112. The van der Waals surface area contributed by atoms with Crippen molar-refractivity contribution in [3.05, 3.63) is 71.7 Å². The first-order chi connectivity index (χ1) is 9.28. The summed E-state index contributed by atoms with van der Waals surface area (Å²) in [7, 11) is 0. The lowest BCUT2D eigenvalue weighted by Gasteiger charge is -2.07. The van der Waals surface area contributed by atoms with Crippen molar-refractivity contribution >= 4 is 17.2 Å². The molecule has 0 saturated heterocycles. The number of rotatable bonds is 3. The maximum absolute atomic E-state index is 13.7. The van der Waals surface area contributed by atoms with E-state index >= 15 is 0 Å². The van der Waals surface area contributed by atoms with Crippen molar-refractivity contribution < 1.29 is 9.18 Å². The van der Waals surface area contributed by atoms with E-state index in [0.717, 1.165) is 17.2 Å². The maximum Gasteiger partial charge on any atom is 0.150 e. The second kappa shape index (κ2) is 4.69. The van der Waals surface area contributed by atoms with Gasteiger partial charge in [-0.1, -0.05) is 30.3 Å². The molecule has 0 aliphatic carbocycles. The molecule has 0 unspecified atom stereocenters. The van der Waals surface area contributed by atoms with E-state index in [4.69, 9.17) is 0 Å². The normalized spacial score (nSPS) is 10.8. The minimum Gasteiger partial charge on any atom is -0.343 e. The first kappa shape index (κ1) is 11.7. The maximum atomic E-state index is 13.7. The fourth-order valence-electron chi connectivity index (χ4n) is 2.22. The van der Waals surface area contributed by atoms with Crippen molar-refractivity contribution in [1.29, 1.82) is 0 Å². The number of fused-ring (bicyclic) bond motifs is 1. The molecular formula is C16H12FNO. The zero-order valence-corrected chi connectivity index (χ0v) is 10.2. The molecule has 0 fully saturated rings. The molecule has 3 heteroatoms. The van der Waals surface area contributed by atoms with Crippen LogP contribution in [0.3, 0.4) is 0 Å². The van der Waals surface area contributed by atoms with Gasteiger partial charge >= 0.3 is 0 Å². The predicted octanol–water partition coefficient (Wildman–Crippen LogP) is 3.64. The third-order valence-corrected chi connectivity index (χ3v) is 3.23. The van der Waals surface area contributed by atoms with Crippen molar-refractivity contribution in [2.24, 2.45) is 0 Å². The Kier molecular flexibility index (Phi) is 2.88. The van der Waals surface area contributed by atoms with E-state index in [1.165, 1.54) is 6.07 Å². The van der Waals surface area contributed by atoms with E-state index in [1.54, 1.807) is 18.2 Å². The van der Waals surface area contributed by atoms with Gasteiger partial charge in [0, 0.05) is 22.8 Å². The van der Waals surface area contributed by atoms with Gasteiger partial charge in [-0.2, -0.15) is 0 Å². The molecule has 0 aliphatic rings. The van der Waals surface area contributed by atoms with E-state index < -0.39 is 0 Å². The topological polar surface area (TPSA) is 22.0 Å². The Morgan fingerprint density at radius 3 is 2.74 bits per heavy atom. The fourth-order valence-corrected chi connectivity index (χ4v) is 2.22. The van der Waals surface area contributed by atoms with Crippen LogP contribution in [0.25, 0.3) is 10.9 Å². The van der Waals surface area contributed by atoms with Crippen LogP contribution in [0.15, 0.2) is 54.7 Å². The molecule has 2 aromatic carbocycles. The molecule has 19 heavy (non-hydrogen) atoms. The van der Waals surface area contributed by atoms with E-state index in [9.17, 15) is 9.18 Å². The molecule has 0 bridgehead atoms. The number of carbonyl (C=O) groups is 1. The summed E-state index contributed by atoms with van der Waals surface area (Å²) in [5.41, 5.74) is 2.20. The van der Waals surface area contributed by atoms with Gasteiger partial charge in [-0.05, 0) is 23.6 Å². The first-order valence-corrected chi connectivity index (χ1v) is 6.05. The van der Waals surface area contributed by atoms with E-state index in [1.807, 2.05) is 35.0 Å². The van der Waals surface area contributed by atoms with Crippen LogP contribution in [0.5, 0.6) is 0 Å². The van der Waals surface area contributed by atoms with Crippen LogP contribution in [-0.4, -0.2) is 10.9 Å². The molecule has 3 rings (SSSR count). The standard InChI is InChI=1S/C16H12FNO/c17-15-4-2-1-3-14(15)10-18-8-7-13-6-5-12(11-19)9-16(13)18/h1-9,11H,10H2. The summed E-state index contributed by atoms with van der Waals surface area (Å²) >= 11 is 0. The lowest BCUT2D eigenvalue weighted by Crippen LogP contribution is -2.00. The highest BCUT2D eigenvalue weighted by molar-refractivity contribution is 5.87. The number of aldehydes is 1. The monoisotopic (exact) mass is 253 g/mol. The van der Waals surface area contributed by atoms with Gasteiger partial charge in [-0.3, -0.25) is 4.79 Å². The van der Waals surface area contributed by atoms with Gasteiger partial charge in [-0.25, -0.2) is 4.39 Å². The number of benzene rings is 2. The smallest absolute Gasteiger partial charge is 0.150 e. The number of aromatic nitrogens is 1. The van der Waals surface area contributed by atoms with E-state index in [0.29, 0.717) is 17.7 Å². The van der Waals surface area contributed by atoms with Gasteiger partial charge in [-0.15, -0.1) is 0 Å². The molecule has 0 aliphatic heterocycles. The summed E-state index contributed by atoms with van der Waals surface area (Å²) in [5.74, 6) is -0.212. The molecule has 0 saturated carbocycles. The van der Waals surface area contributed by atoms with Crippen LogP contribution in [-0.2, 0) is 6.54 Å². The van der Waals surface area contributed by atoms with Gasteiger partial charge in [0.2, 0.25) is 0 Å². The van der Waals surface area contributed by atoms with Crippen LogP contribution < -0.4 is 0 Å². The summed E-state index contributed by atoms with van der Waals surface area (Å²) in [6.45, 7) is 0.457. The third-order valence-electron chi connectivity index (χ3n) is 3.23. The van der Waals surface area contributed by atoms with Gasteiger partial charge in [0.25, 0.3) is 0 Å². The van der Waals surface area contributed by atoms with E-state index in [-0.39, 0.29) is 5.82 Å². The summed E-state index contributed by atoms with van der Waals surface area (Å²) in [6, 6.07) is 14.2. The van der Waals surface area contributed by atoms with Crippen molar-refractivity contribution in [2.45, 2.75) is 6.54 Å². The number of hydrogen-bond donors (Lipinski definition) is 0. The van der Waals surface area contributed by atoms with Crippen LogP contribution >= 0.6 is 0 Å². The highest BCUT2D eigenvalue weighted by atomic mass is 19.1. The Morgan fingerprint density at radius 1 is 1.11 bits per heavy atom. The second-order valence-corrected chi connectivity index (χ2v) is 4.47. The fraction of sp³-hybridized carbons (Fsp3) is 0.0625. The molecule has 2 nitrogen and oxygen atoms in total. The molecule has 0 radical (unpaired) electrons. The summed E-state index contributed by atoms with van der Waals surface area (Å²) in [4.78, 5) is 10.8. The van der Waals surface area contributed by atoms with Crippen molar-refractivity contribution in [1.82, 2.24) is 4.57 Å². The molecule has 1 aromatic heterocycles. The summed E-state index contributed by atoms with van der Waals surface area (Å²) in [6.07, 6.45) is 2.73. The van der Waals surface area contributed by atoms with Crippen LogP contribution in [0.2, 0.25) is 0 Å². The Morgan fingerprint density at radius 2 is 1.95 bits per heavy atom. The second-order valence-electron chi connectivity index (χ2n) is 4.47. The SMILES string of the molecule is O=Cc1ccc2ccn(Cc3ccccc3F)c2c1. The largest absolute Gasteiger partial charge is 0.343 e. The highest BCUT2D eigenvalue weighted by Gasteiger charge is 2.05. The molecule has 94 valence electrons. The molecule has 0 spiro atoms. The van der Waals surface area contributed by atoms with Crippen molar-refractivity contribution in [3.8, 4) is 0 Å². The molecular weight excluding hydrogens is 241 g/mol. The highest BCUT2D eigenvalue weighted by Crippen LogP contribution is 2.19. The van der Waals surface area contributed by atoms with Crippen molar-refractivity contribution in [3.63, 3.8) is 0 Å². The minimum absolute atomic E-state index is 0.212. The Labute approximate surface area is 110 Å². The van der Waals surface area contributed by atoms with Crippen LogP contribution in [0, 0.1) is 5.82 Å². The zero-order valence-electron chi connectivity index (χ0n) is 10.2. The van der Waals surface area contributed by atoms with Crippen LogP contribution in [0.1, 0.15) is 15.9 Å². The molecule has 0 amide bonds. The molecule has 0 N–H and O–H groups in total. The lowest BCUT2D eigenvalue weighted by atomic mass is 10.1. The van der Waals surface area contributed by atoms with Gasteiger partial charge in [0.1, 0.15) is 12.1 Å². The molecule has 0 atom stereocenters. The van der Waals surface area contributed by atoms with Gasteiger partial charge in [0.15, 0.2) is 0 Å². The van der Waals surface area contributed by atoms with Gasteiger partial charge < -0.3 is 4.57 Å². The minimum atomic E-state index is -0.212. The number of carbonyl (C=O) groups excluding carboxylic acids is 1. The van der Waals surface area contributed by atoms with Crippen LogP contribution in [0.4, 0.5) is 4.39 Å². The average Bonchev–Trinajstić information content (AvgIpc) is 2.84. The number of hydrogen-bond acceptors (Lipinski definition) is 1. The Hall–Kier alpha value is -2.42. The summed E-state index contributed by atoms with van der Waals surface area (Å²) in [5, 5.41) is 1.04. The Balaban J connectivity index is 2.06. The quantitative estimate of drug-likeness (QED) is 0.653. The van der Waals surface area contributed by atoms with Crippen molar-refractivity contribution in [2.75, 3.05) is 0 Å². The number of halogens is 1. The molecule has 1 heterocycles. The van der Waals surface area contributed by atoms with Gasteiger partial charge in [0.05, 0.1) is 6.54 Å². The third kappa shape index (κ3) is 2.15. The Bertz CT molecular complexity index is 745. The molecule has 3 aromatic rings.